The Labute approximate surface area is 135 Å². The van der Waals surface area contributed by atoms with Crippen LogP contribution in [0, 0.1) is 5.82 Å². The molecule has 23 heavy (non-hydrogen) atoms. The van der Waals surface area contributed by atoms with Gasteiger partial charge in [-0.05, 0) is 31.0 Å². The van der Waals surface area contributed by atoms with Gasteiger partial charge in [0, 0.05) is 0 Å². The number of amides is 1. The summed E-state index contributed by atoms with van der Waals surface area (Å²) in [5, 5.41) is 2.80. The summed E-state index contributed by atoms with van der Waals surface area (Å²) in [5.41, 5.74) is 6.98. The number of unbranched alkanes of at least 4 members (excludes halogenated alkanes) is 1. The molecule has 2 atom stereocenters. The molecule has 2 aromatic rings. The normalized spacial score (nSPS) is 13.6. The van der Waals surface area contributed by atoms with Crippen molar-refractivity contribution in [1.82, 2.24) is 10.3 Å². The van der Waals surface area contributed by atoms with Gasteiger partial charge >= 0.3 is 0 Å². The van der Waals surface area contributed by atoms with Crippen molar-refractivity contribution in [2.45, 2.75) is 45.2 Å². The third-order valence-corrected chi connectivity index (χ3v) is 3.66. The fourth-order valence-electron chi connectivity index (χ4n) is 2.22. The summed E-state index contributed by atoms with van der Waals surface area (Å²) >= 11 is 0. The molecule has 0 aliphatic rings. The Morgan fingerprint density at radius 3 is 2.74 bits per heavy atom. The van der Waals surface area contributed by atoms with Crippen molar-refractivity contribution in [1.29, 1.82) is 0 Å². The molecule has 1 heterocycles. The van der Waals surface area contributed by atoms with Gasteiger partial charge in [0.1, 0.15) is 12.1 Å². The van der Waals surface area contributed by atoms with Crippen LogP contribution in [0.2, 0.25) is 0 Å². The molecule has 0 saturated heterocycles. The number of benzene rings is 1. The lowest BCUT2D eigenvalue weighted by Gasteiger charge is -2.13. The Balaban J connectivity index is 1.98. The predicted molar refractivity (Wildman–Crippen MR) is 85.2 cm³/mol. The monoisotopic (exact) mass is 319 g/mol. The average molecular weight is 319 g/mol. The van der Waals surface area contributed by atoms with Crippen LogP contribution in [0.4, 0.5) is 4.39 Å². The number of oxazole rings is 1. The Morgan fingerprint density at radius 2 is 2.09 bits per heavy atom. The van der Waals surface area contributed by atoms with Crippen LogP contribution in [0.15, 0.2) is 34.9 Å². The molecule has 6 heteroatoms. The van der Waals surface area contributed by atoms with Crippen LogP contribution in [-0.2, 0) is 0 Å². The van der Waals surface area contributed by atoms with Crippen molar-refractivity contribution in [3.05, 3.63) is 53.5 Å². The van der Waals surface area contributed by atoms with E-state index in [1.807, 2.05) is 6.92 Å². The number of aromatic nitrogens is 1. The Bertz CT molecular complexity index is 640. The van der Waals surface area contributed by atoms with E-state index in [1.165, 1.54) is 18.4 Å². The SMILES string of the molecule is CCCCC(N)c1nc(C(=O)NC(C)c2ccc(F)cc2)co1. The highest BCUT2D eigenvalue weighted by atomic mass is 19.1. The van der Waals surface area contributed by atoms with Gasteiger partial charge in [-0.25, -0.2) is 9.37 Å². The highest BCUT2D eigenvalue weighted by Gasteiger charge is 2.18. The lowest BCUT2D eigenvalue weighted by molar-refractivity contribution is 0.0935. The van der Waals surface area contributed by atoms with E-state index in [4.69, 9.17) is 10.2 Å². The van der Waals surface area contributed by atoms with E-state index >= 15 is 0 Å². The van der Waals surface area contributed by atoms with Gasteiger partial charge in [-0.15, -0.1) is 0 Å². The van der Waals surface area contributed by atoms with E-state index in [0.717, 1.165) is 24.8 Å². The van der Waals surface area contributed by atoms with Crippen molar-refractivity contribution < 1.29 is 13.6 Å². The summed E-state index contributed by atoms with van der Waals surface area (Å²) in [5.74, 6) is -0.285. The molecule has 0 fully saturated rings. The van der Waals surface area contributed by atoms with Crippen molar-refractivity contribution in [2.24, 2.45) is 5.73 Å². The second-order valence-electron chi connectivity index (χ2n) is 5.57. The molecule has 2 rings (SSSR count). The molecule has 0 bridgehead atoms. The Morgan fingerprint density at radius 1 is 1.39 bits per heavy atom. The summed E-state index contributed by atoms with van der Waals surface area (Å²) in [6.45, 7) is 3.90. The predicted octanol–water partition coefficient (Wildman–Crippen LogP) is 3.49. The van der Waals surface area contributed by atoms with Gasteiger partial charge in [-0.3, -0.25) is 4.79 Å². The summed E-state index contributed by atoms with van der Waals surface area (Å²) in [7, 11) is 0. The summed E-state index contributed by atoms with van der Waals surface area (Å²) < 4.78 is 18.2. The van der Waals surface area contributed by atoms with E-state index in [2.05, 4.69) is 17.2 Å². The quantitative estimate of drug-likeness (QED) is 0.818. The minimum Gasteiger partial charge on any atom is -0.446 e. The third kappa shape index (κ3) is 4.63. The van der Waals surface area contributed by atoms with Crippen LogP contribution in [0.1, 0.15) is 67.1 Å². The molecule has 124 valence electrons. The van der Waals surface area contributed by atoms with Crippen molar-refractivity contribution >= 4 is 5.91 Å². The maximum absolute atomic E-state index is 12.9. The van der Waals surface area contributed by atoms with Gasteiger partial charge in [0.2, 0.25) is 5.89 Å². The summed E-state index contributed by atoms with van der Waals surface area (Å²) in [6.07, 6.45) is 4.10. The topological polar surface area (TPSA) is 81.1 Å². The summed E-state index contributed by atoms with van der Waals surface area (Å²) in [4.78, 5) is 16.4. The fraction of sp³-hybridized carbons (Fsp3) is 0.412. The third-order valence-electron chi connectivity index (χ3n) is 3.66. The minimum absolute atomic E-state index is 0.195. The highest BCUT2D eigenvalue weighted by molar-refractivity contribution is 5.92. The molecule has 0 aliphatic heterocycles. The minimum atomic E-state index is -0.348. The van der Waals surface area contributed by atoms with Gasteiger partial charge in [-0.2, -0.15) is 0 Å². The molecule has 1 aromatic heterocycles. The first-order chi connectivity index (χ1) is 11.0. The Kier molecular flexibility index (Phi) is 5.87. The fourth-order valence-corrected chi connectivity index (χ4v) is 2.22. The van der Waals surface area contributed by atoms with Crippen LogP contribution < -0.4 is 11.1 Å². The van der Waals surface area contributed by atoms with E-state index in [-0.39, 0.29) is 29.5 Å². The van der Waals surface area contributed by atoms with Gasteiger partial charge in [0.25, 0.3) is 5.91 Å². The first kappa shape index (κ1) is 17.1. The number of carbonyl (C=O) groups excluding carboxylic acids is 1. The summed E-state index contributed by atoms with van der Waals surface area (Å²) in [6, 6.07) is 5.42. The second-order valence-corrected chi connectivity index (χ2v) is 5.57. The maximum atomic E-state index is 12.9. The van der Waals surface area contributed by atoms with Crippen LogP contribution in [0.25, 0.3) is 0 Å². The molecule has 1 aromatic carbocycles. The second kappa shape index (κ2) is 7.87. The molecule has 0 spiro atoms. The maximum Gasteiger partial charge on any atom is 0.273 e. The zero-order valence-corrected chi connectivity index (χ0v) is 13.4. The zero-order chi connectivity index (χ0) is 16.8. The first-order valence-corrected chi connectivity index (χ1v) is 7.78. The van der Waals surface area contributed by atoms with Gasteiger partial charge in [-0.1, -0.05) is 31.9 Å². The lowest BCUT2D eigenvalue weighted by Crippen LogP contribution is -2.27. The molecule has 5 nitrogen and oxygen atoms in total. The molecule has 0 saturated carbocycles. The van der Waals surface area contributed by atoms with Crippen LogP contribution >= 0.6 is 0 Å². The number of halogens is 1. The van der Waals surface area contributed by atoms with Crippen molar-refractivity contribution in [3.8, 4) is 0 Å². The number of nitrogens with one attached hydrogen (secondary N) is 1. The van der Waals surface area contributed by atoms with E-state index in [0.29, 0.717) is 5.89 Å². The molecule has 1 amide bonds. The van der Waals surface area contributed by atoms with Crippen LogP contribution in [0.5, 0.6) is 0 Å². The standard InChI is InChI=1S/C17H22FN3O2/c1-3-4-5-14(19)17-21-15(10-23-17)16(22)20-11(2)12-6-8-13(18)9-7-12/h6-11,14H,3-5,19H2,1-2H3,(H,20,22). The van der Waals surface area contributed by atoms with E-state index in [1.54, 1.807) is 12.1 Å². The molecular formula is C17H22FN3O2. The molecular weight excluding hydrogens is 297 g/mol. The number of rotatable bonds is 7. The van der Waals surface area contributed by atoms with Crippen LogP contribution in [0.3, 0.4) is 0 Å². The first-order valence-electron chi connectivity index (χ1n) is 7.78. The van der Waals surface area contributed by atoms with E-state index in [9.17, 15) is 9.18 Å². The van der Waals surface area contributed by atoms with Gasteiger partial charge in [0.05, 0.1) is 12.1 Å². The van der Waals surface area contributed by atoms with Crippen molar-refractivity contribution in [3.63, 3.8) is 0 Å². The number of nitrogens with two attached hydrogens (primary N) is 1. The Hall–Kier alpha value is -2.21. The highest BCUT2D eigenvalue weighted by Crippen LogP contribution is 2.17. The number of nitrogens with zero attached hydrogens (tertiary/aromatic N) is 1. The molecule has 0 radical (unpaired) electrons. The van der Waals surface area contributed by atoms with Crippen molar-refractivity contribution in [2.75, 3.05) is 0 Å². The molecule has 0 aliphatic carbocycles. The van der Waals surface area contributed by atoms with Gasteiger partial charge < -0.3 is 15.5 Å². The largest absolute Gasteiger partial charge is 0.446 e. The number of hydrogen-bond donors (Lipinski definition) is 2. The molecule has 2 unspecified atom stereocenters. The molecule has 3 N–H and O–H groups in total. The lowest BCUT2D eigenvalue weighted by atomic mass is 10.1. The number of carbonyl (C=O) groups is 1. The zero-order valence-electron chi connectivity index (χ0n) is 13.4. The van der Waals surface area contributed by atoms with Gasteiger partial charge in [0.15, 0.2) is 5.69 Å². The smallest absolute Gasteiger partial charge is 0.273 e. The number of hydrogen-bond acceptors (Lipinski definition) is 4. The van der Waals surface area contributed by atoms with E-state index < -0.39 is 0 Å². The average Bonchev–Trinajstić information content (AvgIpc) is 3.03. The van der Waals surface area contributed by atoms with Crippen LogP contribution in [-0.4, -0.2) is 10.9 Å².